The van der Waals surface area contributed by atoms with E-state index >= 15 is 0 Å². The Labute approximate surface area is 274 Å². The van der Waals surface area contributed by atoms with Crippen LogP contribution in [-0.4, -0.2) is 72.9 Å². The van der Waals surface area contributed by atoms with Crippen molar-refractivity contribution in [2.75, 3.05) is 0 Å². The van der Waals surface area contributed by atoms with Gasteiger partial charge in [0.25, 0.3) is 0 Å². The minimum Gasteiger partial charge on any atom is -0.507 e. The average molecular weight is 667 g/mol. The topological polar surface area (TPSA) is 213 Å². The van der Waals surface area contributed by atoms with Gasteiger partial charge in [0, 0.05) is 28.7 Å². The molecule has 2 aromatic carbocycles. The average Bonchev–Trinajstić information content (AvgIpc) is 3.02. The molecule has 3 aromatic rings. The highest BCUT2D eigenvalue weighted by Crippen LogP contribution is 2.57. The number of Topliss-reactive ketones (excluding diaryl/α,β-unsaturated/α-hetero) is 2. The number of ketones is 2. The lowest BCUT2D eigenvalue weighted by molar-refractivity contribution is -0.268. The first-order valence-electron chi connectivity index (χ1n) is 15.6. The van der Waals surface area contributed by atoms with Gasteiger partial charge in [0.2, 0.25) is 17.5 Å². The minimum absolute atomic E-state index is 0.0228. The minimum atomic E-state index is -1.82. The summed E-state index contributed by atoms with van der Waals surface area (Å²) in [6.07, 6.45) is -7.70. The summed E-state index contributed by atoms with van der Waals surface area (Å²) in [7, 11) is 0. The van der Waals surface area contributed by atoms with Crippen LogP contribution in [-0.2, 0) is 14.3 Å². The van der Waals surface area contributed by atoms with E-state index in [-0.39, 0.29) is 56.6 Å². The van der Waals surface area contributed by atoms with E-state index in [2.05, 4.69) is 0 Å². The first kappa shape index (κ1) is 33.5. The summed E-state index contributed by atoms with van der Waals surface area (Å²) < 4.78 is 24.1. The third-order valence-electron chi connectivity index (χ3n) is 9.65. The lowest BCUT2D eigenvalue weighted by atomic mass is 9.59. The van der Waals surface area contributed by atoms with Crippen LogP contribution in [0.25, 0.3) is 22.3 Å². The molecule has 0 unspecified atom stereocenters. The molecular weight excluding hydrogens is 628 g/mol. The number of phenols is 3. The summed E-state index contributed by atoms with van der Waals surface area (Å²) in [5.41, 5.74) is -3.22. The number of allylic oxidation sites excluding steroid dienone is 2. The lowest BCUT2D eigenvalue weighted by Gasteiger charge is -2.45. The number of phenolic OH excluding ortho intramolecular Hbond substituents is 3. The number of carbonyl (C=O) groups is 2. The van der Waals surface area contributed by atoms with Gasteiger partial charge in [-0.05, 0) is 58.7 Å². The highest BCUT2D eigenvalue weighted by atomic mass is 16.7. The Morgan fingerprint density at radius 2 is 1.52 bits per heavy atom. The molecule has 3 aliphatic rings. The maximum Gasteiger partial charge on any atom is 0.239 e. The van der Waals surface area contributed by atoms with Crippen LogP contribution >= 0.6 is 0 Å². The number of aliphatic hydroxyl groups excluding tert-OH is 3. The van der Waals surface area contributed by atoms with E-state index in [9.17, 15) is 45.0 Å². The van der Waals surface area contributed by atoms with Gasteiger partial charge >= 0.3 is 0 Å². The molecule has 0 amide bonds. The first-order chi connectivity index (χ1) is 22.3. The standard InChI is InChI=1S/C35H38O13/c1-12(2)19-21-18(46-31-22(19)30(43)34(4,5)33(44)35(31,6)7)11-17(38)20-24(40)29(48-32-26(42)25(41)23(39)13(3)45-32)27(47-28(20)21)14-8-9-15(36)16(37)10-14/h8-13,19,23,25-26,32,36-39,41-42H,1-7H3/t13-,19-,23-,25+,26+,32-/m0/s1. The second-order valence-electron chi connectivity index (χ2n) is 14.1. The van der Waals surface area contributed by atoms with E-state index in [1.165, 1.54) is 19.1 Å². The normalized spacial score (nSPS) is 27.9. The monoisotopic (exact) mass is 666 g/mol. The Morgan fingerprint density at radius 1 is 0.854 bits per heavy atom. The predicted molar refractivity (Wildman–Crippen MR) is 169 cm³/mol. The number of hydrogen-bond acceptors (Lipinski definition) is 13. The Kier molecular flexibility index (Phi) is 7.71. The first-order valence-corrected chi connectivity index (χ1v) is 15.6. The molecule has 2 aliphatic heterocycles. The van der Waals surface area contributed by atoms with E-state index in [1.807, 2.05) is 13.8 Å². The van der Waals surface area contributed by atoms with E-state index < -0.39 is 81.7 Å². The maximum atomic E-state index is 14.4. The number of ether oxygens (including phenoxy) is 3. The number of benzene rings is 2. The number of hydrogen-bond donors (Lipinski definition) is 6. The van der Waals surface area contributed by atoms with Crippen molar-refractivity contribution in [2.24, 2.45) is 16.7 Å². The zero-order valence-corrected chi connectivity index (χ0v) is 27.4. The van der Waals surface area contributed by atoms with Crippen LogP contribution < -0.4 is 14.9 Å². The second kappa shape index (κ2) is 11.1. The van der Waals surface area contributed by atoms with Crippen LogP contribution in [0.15, 0.2) is 44.8 Å². The van der Waals surface area contributed by atoms with Gasteiger partial charge in [0.1, 0.15) is 46.5 Å². The van der Waals surface area contributed by atoms with Gasteiger partial charge in [-0.2, -0.15) is 0 Å². The molecule has 48 heavy (non-hydrogen) atoms. The van der Waals surface area contributed by atoms with Crippen molar-refractivity contribution >= 4 is 22.5 Å². The highest BCUT2D eigenvalue weighted by molar-refractivity contribution is 6.20. The van der Waals surface area contributed by atoms with Crippen molar-refractivity contribution in [3.05, 3.63) is 51.4 Å². The summed E-state index contributed by atoms with van der Waals surface area (Å²) in [4.78, 5) is 42.0. The van der Waals surface area contributed by atoms with Crippen molar-refractivity contribution in [3.8, 4) is 40.1 Å². The largest absolute Gasteiger partial charge is 0.507 e. The zero-order valence-electron chi connectivity index (χ0n) is 27.4. The summed E-state index contributed by atoms with van der Waals surface area (Å²) in [6, 6.07) is 4.75. The molecule has 0 radical (unpaired) electrons. The molecular formula is C35H38O13. The van der Waals surface area contributed by atoms with E-state index in [1.54, 1.807) is 27.7 Å². The van der Waals surface area contributed by atoms with E-state index in [0.717, 1.165) is 12.1 Å². The predicted octanol–water partition coefficient (Wildman–Crippen LogP) is 3.37. The van der Waals surface area contributed by atoms with Crippen molar-refractivity contribution in [3.63, 3.8) is 0 Å². The number of rotatable bonds is 4. The Morgan fingerprint density at radius 3 is 2.15 bits per heavy atom. The quantitative estimate of drug-likeness (QED) is 0.174. The van der Waals surface area contributed by atoms with E-state index in [0.29, 0.717) is 0 Å². The SMILES string of the molecule is CC(C)[C@@H]1C2=C(Oc3cc(O)c4c(=O)c(O[C@@H]5O[C@@H](C)[C@H](O)[C@@H](O)[C@H]5O)c(-c5ccc(O)c(O)c5)oc4c31)C(C)(C)C(=O)C(C)(C)C2=O. The fourth-order valence-corrected chi connectivity index (χ4v) is 7.04. The molecule has 6 atom stereocenters. The molecule has 13 nitrogen and oxygen atoms in total. The lowest BCUT2D eigenvalue weighted by Crippen LogP contribution is -2.58. The molecule has 0 spiro atoms. The van der Waals surface area contributed by atoms with Crippen LogP contribution in [0.4, 0.5) is 0 Å². The van der Waals surface area contributed by atoms with Gasteiger partial charge in [-0.25, -0.2) is 0 Å². The van der Waals surface area contributed by atoms with Gasteiger partial charge in [-0.15, -0.1) is 0 Å². The van der Waals surface area contributed by atoms with Gasteiger partial charge in [-0.3, -0.25) is 14.4 Å². The van der Waals surface area contributed by atoms with Crippen molar-refractivity contribution in [2.45, 2.75) is 85.1 Å². The highest BCUT2D eigenvalue weighted by Gasteiger charge is 2.57. The van der Waals surface area contributed by atoms with Gasteiger partial charge in [-0.1, -0.05) is 13.8 Å². The molecule has 13 heteroatoms. The van der Waals surface area contributed by atoms with Gasteiger partial charge < -0.3 is 49.3 Å². The number of carbonyl (C=O) groups excluding carboxylic acids is 2. The molecule has 6 N–H and O–H groups in total. The molecule has 1 aromatic heterocycles. The van der Waals surface area contributed by atoms with Crippen LogP contribution in [0.2, 0.25) is 0 Å². The molecule has 3 heterocycles. The number of aromatic hydroxyl groups is 3. The Balaban J connectivity index is 1.66. The molecule has 1 fully saturated rings. The molecule has 1 saturated heterocycles. The Hall–Kier alpha value is -4.43. The van der Waals surface area contributed by atoms with Gasteiger partial charge in [0.05, 0.1) is 16.9 Å². The summed E-state index contributed by atoms with van der Waals surface area (Å²) >= 11 is 0. The third-order valence-corrected chi connectivity index (χ3v) is 9.65. The van der Waals surface area contributed by atoms with Crippen LogP contribution in [0.1, 0.15) is 59.9 Å². The summed E-state index contributed by atoms with van der Waals surface area (Å²) in [5, 5.41) is 62.6. The molecule has 256 valence electrons. The smallest absolute Gasteiger partial charge is 0.239 e. The molecule has 1 aliphatic carbocycles. The maximum absolute atomic E-state index is 14.4. The third kappa shape index (κ3) is 4.71. The molecule has 0 saturated carbocycles. The number of aliphatic hydroxyl groups is 3. The van der Waals surface area contributed by atoms with Gasteiger partial charge in [0.15, 0.2) is 28.8 Å². The second-order valence-corrected chi connectivity index (χ2v) is 14.1. The van der Waals surface area contributed by atoms with E-state index in [4.69, 9.17) is 18.6 Å². The molecule has 6 rings (SSSR count). The summed E-state index contributed by atoms with van der Waals surface area (Å²) in [5.74, 6) is -4.23. The zero-order chi connectivity index (χ0) is 35.4. The van der Waals surface area contributed by atoms with Crippen molar-refractivity contribution in [1.82, 2.24) is 0 Å². The van der Waals surface area contributed by atoms with Crippen LogP contribution in [0, 0.1) is 16.7 Å². The van der Waals surface area contributed by atoms with Crippen molar-refractivity contribution < 1.29 is 58.9 Å². The van der Waals surface area contributed by atoms with Crippen LogP contribution in [0.5, 0.6) is 28.7 Å². The Bertz CT molecular complexity index is 1970. The summed E-state index contributed by atoms with van der Waals surface area (Å²) in [6.45, 7) is 11.6. The fraction of sp³-hybridized carbons (Fsp3) is 0.457. The molecule has 0 bridgehead atoms. The van der Waals surface area contributed by atoms with Crippen LogP contribution in [0.3, 0.4) is 0 Å². The van der Waals surface area contributed by atoms with Crippen molar-refractivity contribution in [1.29, 1.82) is 0 Å². The number of fused-ring (bicyclic) bond motifs is 3. The fourth-order valence-electron chi connectivity index (χ4n) is 7.04.